The number of hydrogen-bond acceptors (Lipinski definition) is 3. The van der Waals surface area contributed by atoms with Gasteiger partial charge in [0.1, 0.15) is 17.2 Å². The minimum atomic E-state index is 0.241. The van der Waals surface area contributed by atoms with Gasteiger partial charge in [-0.3, -0.25) is 0 Å². The van der Waals surface area contributed by atoms with Crippen LogP contribution in [0.3, 0.4) is 0 Å². The number of phenols is 1. The molecule has 0 aliphatic rings. The quantitative estimate of drug-likeness (QED) is 0.764. The van der Waals surface area contributed by atoms with Crippen molar-refractivity contribution >= 4 is 10.9 Å². The van der Waals surface area contributed by atoms with Crippen LogP contribution in [0.2, 0.25) is 0 Å². The van der Waals surface area contributed by atoms with Crippen molar-refractivity contribution in [3.8, 4) is 28.5 Å². The molecule has 3 rings (SSSR count). The number of para-hydroxylation sites is 1. The highest BCUT2D eigenvalue weighted by molar-refractivity contribution is 5.92. The van der Waals surface area contributed by atoms with Gasteiger partial charge in [-0.25, -0.2) is 0 Å². The number of aromatic amines is 1. The molecule has 20 heavy (non-hydrogen) atoms. The molecule has 0 aliphatic heterocycles. The van der Waals surface area contributed by atoms with Gasteiger partial charge in [0, 0.05) is 23.1 Å². The van der Waals surface area contributed by atoms with Crippen molar-refractivity contribution in [2.45, 2.75) is 0 Å². The molecule has 0 bridgehead atoms. The van der Waals surface area contributed by atoms with Gasteiger partial charge in [0.25, 0.3) is 0 Å². The van der Waals surface area contributed by atoms with Gasteiger partial charge in [-0.1, -0.05) is 12.1 Å². The third kappa shape index (κ3) is 1.95. The number of benzene rings is 2. The number of hydrogen-bond donors (Lipinski definition) is 2. The van der Waals surface area contributed by atoms with Crippen LogP contribution in [0.15, 0.2) is 42.5 Å². The molecule has 4 nitrogen and oxygen atoms in total. The van der Waals surface area contributed by atoms with Crippen LogP contribution >= 0.6 is 0 Å². The summed E-state index contributed by atoms with van der Waals surface area (Å²) in [6.07, 6.45) is 0. The number of aromatic nitrogens is 1. The second-order valence-corrected chi connectivity index (χ2v) is 4.49. The lowest BCUT2D eigenvalue weighted by atomic mass is 10.1. The molecule has 4 heteroatoms. The topological polar surface area (TPSA) is 54.5 Å². The molecule has 0 atom stereocenters. The molecule has 0 saturated heterocycles. The minimum Gasteiger partial charge on any atom is -0.507 e. The fourth-order valence-electron chi connectivity index (χ4n) is 2.31. The molecule has 0 unspecified atom stereocenters. The minimum absolute atomic E-state index is 0.241. The molecule has 102 valence electrons. The van der Waals surface area contributed by atoms with Gasteiger partial charge >= 0.3 is 0 Å². The Labute approximate surface area is 116 Å². The molecule has 0 saturated carbocycles. The predicted octanol–water partition coefficient (Wildman–Crippen LogP) is 3.56. The molecule has 2 aromatic carbocycles. The first kappa shape index (κ1) is 12.4. The molecule has 0 aliphatic carbocycles. The number of rotatable bonds is 3. The van der Waals surface area contributed by atoms with Gasteiger partial charge in [0.2, 0.25) is 0 Å². The van der Waals surface area contributed by atoms with Crippen molar-refractivity contribution in [3.05, 3.63) is 42.5 Å². The largest absolute Gasteiger partial charge is 0.507 e. The van der Waals surface area contributed by atoms with Crippen molar-refractivity contribution in [2.75, 3.05) is 14.2 Å². The van der Waals surface area contributed by atoms with E-state index in [1.54, 1.807) is 26.4 Å². The van der Waals surface area contributed by atoms with E-state index >= 15 is 0 Å². The number of fused-ring (bicyclic) bond motifs is 1. The highest BCUT2D eigenvalue weighted by Crippen LogP contribution is 2.36. The molecule has 3 aromatic rings. The van der Waals surface area contributed by atoms with Crippen molar-refractivity contribution < 1.29 is 14.6 Å². The Balaban J connectivity index is 2.22. The van der Waals surface area contributed by atoms with Crippen molar-refractivity contribution in [1.82, 2.24) is 4.98 Å². The summed E-state index contributed by atoms with van der Waals surface area (Å²) in [6, 6.07) is 12.9. The zero-order valence-corrected chi connectivity index (χ0v) is 11.3. The van der Waals surface area contributed by atoms with Crippen LogP contribution in [-0.4, -0.2) is 24.3 Å². The molecule has 0 amide bonds. The molecule has 1 aromatic heterocycles. The van der Waals surface area contributed by atoms with E-state index in [9.17, 15) is 5.11 Å². The zero-order valence-electron chi connectivity index (χ0n) is 11.3. The van der Waals surface area contributed by atoms with E-state index in [-0.39, 0.29) is 5.75 Å². The Morgan fingerprint density at radius 2 is 1.80 bits per heavy atom. The SMILES string of the molecule is COc1cc(OC)c2cc(-c3ccccc3O)[nH]c2c1. The fraction of sp³-hybridized carbons (Fsp3) is 0.125. The molecular formula is C16H15NO3. The van der Waals surface area contributed by atoms with E-state index in [1.165, 1.54) is 0 Å². The van der Waals surface area contributed by atoms with E-state index in [0.29, 0.717) is 0 Å². The average molecular weight is 269 g/mol. The van der Waals surface area contributed by atoms with Crippen molar-refractivity contribution in [3.63, 3.8) is 0 Å². The van der Waals surface area contributed by atoms with E-state index in [0.717, 1.165) is 33.7 Å². The summed E-state index contributed by atoms with van der Waals surface area (Å²) in [5.74, 6) is 1.70. The molecular weight excluding hydrogens is 254 g/mol. The van der Waals surface area contributed by atoms with Gasteiger partial charge in [0.15, 0.2) is 0 Å². The maximum Gasteiger partial charge on any atom is 0.131 e. The second kappa shape index (κ2) is 4.81. The Morgan fingerprint density at radius 1 is 1.00 bits per heavy atom. The predicted molar refractivity (Wildman–Crippen MR) is 78.5 cm³/mol. The highest BCUT2D eigenvalue weighted by atomic mass is 16.5. The first-order valence-electron chi connectivity index (χ1n) is 6.26. The molecule has 0 radical (unpaired) electrons. The molecule has 2 N–H and O–H groups in total. The maximum atomic E-state index is 9.94. The Morgan fingerprint density at radius 3 is 2.50 bits per heavy atom. The number of nitrogens with one attached hydrogen (secondary N) is 1. The number of ether oxygens (including phenoxy) is 2. The highest BCUT2D eigenvalue weighted by Gasteiger charge is 2.11. The third-order valence-corrected chi connectivity index (χ3v) is 3.32. The fourth-order valence-corrected chi connectivity index (χ4v) is 2.31. The lowest BCUT2D eigenvalue weighted by molar-refractivity contribution is 0.398. The van der Waals surface area contributed by atoms with E-state index < -0.39 is 0 Å². The van der Waals surface area contributed by atoms with Crippen molar-refractivity contribution in [2.24, 2.45) is 0 Å². The Bertz CT molecular complexity index is 762. The molecule has 0 spiro atoms. The number of aromatic hydroxyl groups is 1. The number of phenolic OH excluding ortho intramolecular Hbond substituents is 1. The maximum absolute atomic E-state index is 9.94. The number of H-pyrrole nitrogens is 1. The summed E-state index contributed by atoms with van der Waals surface area (Å²) in [5, 5.41) is 10.9. The van der Waals surface area contributed by atoms with Crippen LogP contribution in [0.1, 0.15) is 0 Å². The summed E-state index contributed by atoms with van der Waals surface area (Å²) in [5.41, 5.74) is 2.49. The van der Waals surface area contributed by atoms with Gasteiger partial charge in [-0.05, 0) is 18.2 Å². The van der Waals surface area contributed by atoms with E-state index in [1.807, 2.05) is 30.3 Å². The Kier molecular flexibility index (Phi) is 2.99. The Hall–Kier alpha value is -2.62. The average Bonchev–Trinajstić information content (AvgIpc) is 2.90. The van der Waals surface area contributed by atoms with E-state index in [4.69, 9.17) is 9.47 Å². The summed E-state index contributed by atoms with van der Waals surface area (Å²) in [4.78, 5) is 3.28. The summed E-state index contributed by atoms with van der Waals surface area (Å²) in [7, 11) is 3.24. The summed E-state index contributed by atoms with van der Waals surface area (Å²) < 4.78 is 10.6. The third-order valence-electron chi connectivity index (χ3n) is 3.32. The molecule has 1 heterocycles. The summed E-state index contributed by atoms with van der Waals surface area (Å²) in [6.45, 7) is 0. The first-order valence-corrected chi connectivity index (χ1v) is 6.26. The standard InChI is InChI=1S/C16H15NO3/c1-19-10-7-13-12(16(8-10)20-2)9-14(17-13)11-5-3-4-6-15(11)18/h3-9,17-18H,1-2H3. The monoisotopic (exact) mass is 269 g/mol. The van der Waals surface area contributed by atoms with Gasteiger partial charge in [0.05, 0.1) is 25.4 Å². The van der Waals surface area contributed by atoms with Gasteiger partial charge in [-0.15, -0.1) is 0 Å². The van der Waals surface area contributed by atoms with Crippen LogP contribution < -0.4 is 9.47 Å². The number of methoxy groups -OCH3 is 2. The summed E-state index contributed by atoms with van der Waals surface area (Å²) >= 11 is 0. The van der Waals surface area contributed by atoms with Crippen LogP contribution in [0, 0.1) is 0 Å². The second-order valence-electron chi connectivity index (χ2n) is 4.49. The lowest BCUT2D eigenvalue weighted by Gasteiger charge is -2.04. The van der Waals surface area contributed by atoms with Crippen LogP contribution in [-0.2, 0) is 0 Å². The van der Waals surface area contributed by atoms with Crippen LogP contribution in [0.25, 0.3) is 22.2 Å². The van der Waals surface area contributed by atoms with Gasteiger partial charge < -0.3 is 19.6 Å². The van der Waals surface area contributed by atoms with Crippen LogP contribution in [0.4, 0.5) is 0 Å². The molecule has 0 fully saturated rings. The van der Waals surface area contributed by atoms with E-state index in [2.05, 4.69) is 4.98 Å². The smallest absolute Gasteiger partial charge is 0.131 e. The van der Waals surface area contributed by atoms with Gasteiger partial charge in [-0.2, -0.15) is 0 Å². The zero-order chi connectivity index (χ0) is 14.1. The normalized spacial score (nSPS) is 10.7. The van der Waals surface area contributed by atoms with Crippen molar-refractivity contribution in [1.29, 1.82) is 0 Å². The van der Waals surface area contributed by atoms with Crippen LogP contribution in [0.5, 0.6) is 17.2 Å². The first-order chi connectivity index (χ1) is 9.72. The lowest BCUT2D eigenvalue weighted by Crippen LogP contribution is -1.87.